The van der Waals surface area contributed by atoms with Crippen molar-refractivity contribution in [3.63, 3.8) is 0 Å². The number of rotatable bonds is 2. The molecule has 1 heterocycles. The van der Waals surface area contributed by atoms with E-state index in [0.717, 1.165) is 11.1 Å². The maximum absolute atomic E-state index is 11.5. The number of aliphatic hydroxyl groups is 1. The van der Waals surface area contributed by atoms with Crippen molar-refractivity contribution in [2.75, 3.05) is 0 Å². The van der Waals surface area contributed by atoms with Crippen molar-refractivity contribution < 1.29 is 5.11 Å². The Hall–Kier alpha value is -1.69. The van der Waals surface area contributed by atoms with Crippen LogP contribution in [0.2, 0.25) is 0 Å². The van der Waals surface area contributed by atoms with Gasteiger partial charge in [-0.25, -0.2) is 0 Å². The molecule has 106 valence electrons. The summed E-state index contributed by atoms with van der Waals surface area (Å²) in [4.78, 5) is 0. The van der Waals surface area contributed by atoms with Gasteiger partial charge in [0.05, 0.1) is 0 Å². The maximum Gasteiger partial charge on any atom is 0.135 e. The lowest BCUT2D eigenvalue weighted by Crippen LogP contribution is -2.27. The average molecular weight is 294 g/mol. The molecule has 0 radical (unpaired) electrons. The van der Waals surface area contributed by atoms with E-state index in [1.165, 1.54) is 10.9 Å². The van der Waals surface area contributed by atoms with E-state index in [2.05, 4.69) is 31.8 Å². The SMILES string of the molecule is CC1=CP(c2ccccc2)C(O)(c2ccccc2)C=C1C. The molecular weight excluding hydrogens is 275 g/mol. The zero-order valence-electron chi connectivity index (χ0n) is 12.3. The minimum Gasteiger partial charge on any atom is -0.376 e. The first kappa shape index (κ1) is 14.3. The molecule has 3 rings (SSSR count). The molecular formula is C19H19OP. The van der Waals surface area contributed by atoms with E-state index in [9.17, 15) is 5.11 Å². The van der Waals surface area contributed by atoms with E-state index in [1.54, 1.807) is 0 Å². The van der Waals surface area contributed by atoms with Gasteiger partial charge < -0.3 is 5.11 Å². The van der Waals surface area contributed by atoms with Crippen molar-refractivity contribution in [2.24, 2.45) is 0 Å². The second-order valence-electron chi connectivity index (χ2n) is 5.44. The molecule has 0 spiro atoms. The van der Waals surface area contributed by atoms with Crippen LogP contribution in [-0.2, 0) is 5.34 Å². The largest absolute Gasteiger partial charge is 0.376 e. The average Bonchev–Trinajstić information content (AvgIpc) is 2.53. The Labute approximate surface area is 127 Å². The van der Waals surface area contributed by atoms with E-state index in [-0.39, 0.29) is 0 Å². The van der Waals surface area contributed by atoms with Gasteiger partial charge in [-0.2, -0.15) is 0 Å². The summed E-state index contributed by atoms with van der Waals surface area (Å²) in [5.41, 5.74) is 3.37. The van der Waals surface area contributed by atoms with Crippen molar-refractivity contribution in [1.29, 1.82) is 0 Å². The summed E-state index contributed by atoms with van der Waals surface area (Å²) in [6.45, 7) is 4.19. The Kier molecular flexibility index (Phi) is 3.80. The molecule has 2 aromatic rings. The molecule has 0 bridgehead atoms. The minimum absolute atomic E-state index is 0.837. The molecule has 2 atom stereocenters. The highest BCUT2D eigenvalue weighted by Crippen LogP contribution is 2.59. The zero-order chi connectivity index (χ0) is 14.9. The predicted octanol–water partition coefficient (Wildman–Crippen LogP) is 4.50. The minimum atomic E-state index is -0.929. The van der Waals surface area contributed by atoms with Crippen LogP contribution in [0.25, 0.3) is 0 Å². The molecule has 0 amide bonds. The molecule has 2 heteroatoms. The Morgan fingerprint density at radius 1 is 0.810 bits per heavy atom. The molecule has 0 fully saturated rings. The van der Waals surface area contributed by atoms with Gasteiger partial charge in [-0.05, 0) is 55.7 Å². The van der Waals surface area contributed by atoms with Gasteiger partial charge in [0, 0.05) is 0 Å². The second kappa shape index (κ2) is 5.60. The molecule has 2 aromatic carbocycles. The highest BCUT2D eigenvalue weighted by atomic mass is 31.1. The smallest absolute Gasteiger partial charge is 0.135 e. The van der Waals surface area contributed by atoms with Crippen LogP contribution < -0.4 is 5.30 Å². The Balaban J connectivity index is 2.16. The van der Waals surface area contributed by atoms with Crippen LogP contribution in [0, 0.1) is 0 Å². The lowest BCUT2D eigenvalue weighted by Gasteiger charge is -2.37. The Morgan fingerprint density at radius 3 is 2.00 bits per heavy atom. The van der Waals surface area contributed by atoms with Gasteiger partial charge in [0.2, 0.25) is 0 Å². The number of allylic oxidation sites excluding steroid dienone is 2. The Morgan fingerprint density at radius 2 is 1.38 bits per heavy atom. The summed E-state index contributed by atoms with van der Waals surface area (Å²) in [6, 6.07) is 20.3. The van der Waals surface area contributed by atoms with Crippen LogP contribution in [0.15, 0.2) is 83.7 Å². The topological polar surface area (TPSA) is 20.2 Å². The highest BCUT2D eigenvalue weighted by molar-refractivity contribution is 7.69. The van der Waals surface area contributed by atoms with Gasteiger partial charge in [-0.1, -0.05) is 60.7 Å². The first-order valence-corrected chi connectivity index (χ1v) is 8.53. The summed E-state index contributed by atoms with van der Waals surface area (Å²) >= 11 is 0. The van der Waals surface area contributed by atoms with E-state index in [4.69, 9.17) is 0 Å². The lowest BCUT2D eigenvalue weighted by atomic mass is 10.0. The number of hydrogen-bond acceptors (Lipinski definition) is 1. The standard InChI is InChI=1S/C19H19OP/c1-15-13-19(20,17-9-5-3-6-10-17)21(14-16(15)2)18-11-7-4-8-12-18/h3-14,20H,1-2H3. The van der Waals surface area contributed by atoms with Crippen LogP contribution >= 0.6 is 7.92 Å². The molecule has 1 N–H and O–H groups in total. The zero-order valence-corrected chi connectivity index (χ0v) is 13.2. The molecule has 0 aliphatic carbocycles. The van der Waals surface area contributed by atoms with Crippen LogP contribution in [-0.4, -0.2) is 5.11 Å². The van der Waals surface area contributed by atoms with Gasteiger partial charge in [0.25, 0.3) is 0 Å². The van der Waals surface area contributed by atoms with Crippen molar-refractivity contribution in [1.82, 2.24) is 0 Å². The molecule has 0 saturated carbocycles. The summed E-state index contributed by atoms with van der Waals surface area (Å²) < 4.78 is 0. The third kappa shape index (κ3) is 2.60. The fourth-order valence-electron chi connectivity index (χ4n) is 2.64. The van der Waals surface area contributed by atoms with Crippen molar-refractivity contribution in [3.8, 4) is 0 Å². The summed E-state index contributed by atoms with van der Waals surface area (Å²) in [6.07, 6.45) is 2.02. The first-order valence-electron chi connectivity index (χ1n) is 7.12. The monoisotopic (exact) mass is 294 g/mol. The molecule has 1 nitrogen and oxygen atoms in total. The fourth-order valence-corrected chi connectivity index (χ4v) is 5.23. The normalized spacial score (nSPS) is 25.2. The molecule has 21 heavy (non-hydrogen) atoms. The number of hydrogen-bond donors (Lipinski definition) is 1. The molecule has 1 aliphatic rings. The molecule has 0 aromatic heterocycles. The quantitative estimate of drug-likeness (QED) is 0.808. The van der Waals surface area contributed by atoms with Crippen molar-refractivity contribution in [2.45, 2.75) is 19.2 Å². The summed E-state index contributed by atoms with van der Waals surface area (Å²) in [5.74, 6) is 2.24. The van der Waals surface area contributed by atoms with Crippen molar-refractivity contribution in [3.05, 3.63) is 89.3 Å². The van der Waals surface area contributed by atoms with Crippen LogP contribution in [0.3, 0.4) is 0 Å². The summed E-state index contributed by atoms with van der Waals surface area (Å²) in [5, 5.41) is 11.7. The lowest BCUT2D eigenvalue weighted by molar-refractivity contribution is 0.184. The second-order valence-corrected chi connectivity index (χ2v) is 7.63. The van der Waals surface area contributed by atoms with Crippen LogP contribution in [0.5, 0.6) is 0 Å². The van der Waals surface area contributed by atoms with Crippen LogP contribution in [0.4, 0.5) is 0 Å². The van der Waals surface area contributed by atoms with Gasteiger partial charge in [0.1, 0.15) is 5.34 Å². The van der Waals surface area contributed by atoms with Gasteiger partial charge in [0.15, 0.2) is 0 Å². The van der Waals surface area contributed by atoms with E-state index >= 15 is 0 Å². The van der Waals surface area contributed by atoms with E-state index in [1.807, 2.05) is 54.6 Å². The highest BCUT2D eigenvalue weighted by Gasteiger charge is 2.38. The molecule has 1 aliphatic heterocycles. The molecule has 0 saturated heterocycles. The third-order valence-electron chi connectivity index (χ3n) is 3.96. The van der Waals surface area contributed by atoms with E-state index in [0.29, 0.717) is 0 Å². The molecule has 2 unspecified atom stereocenters. The summed E-state index contributed by atoms with van der Waals surface area (Å²) in [7, 11) is -0.837. The fraction of sp³-hybridized carbons (Fsp3) is 0.158. The predicted molar refractivity (Wildman–Crippen MR) is 90.8 cm³/mol. The third-order valence-corrected chi connectivity index (χ3v) is 6.58. The number of benzene rings is 2. The van der Waals surface area contributed by atoms with Crippen molar-refractivity contribution >= 4 is 13.2 Å². The first-order chi connectivity index (χ1) is 10.1. The maximum atomic E-state index is 11.5. The van der Waals surface area contributed by atoms with Crippen LogP contribution in [0.1, 0.15) is 19.4 Å². The van der Waals surface area contributed by atoms with Gasteiger partial charge >= 0.3 is 0 Å². The Bertz CT molecular complexity index is 688. The van der Waals surface area contributed by atoms with E-state index < -0.39 is 13.3 Å². The van der Waals surface area contributed by atoms with Gasteiger partial charge in [-0.15, -0.1) is 0 Å². The van der Waals surface area contributed by atoms with Gasteiger partial charge in [-0.3, -0.25) is 0 Å².